The standard InChI is InChI=1S/C25H19Br2ClN2O4/c1-2-33-22-12-15(10-19-24(31)29-30(25(19)32)18-6-4-3-5-7-18)11-21(28)23(22)34-14-16-8-9-17(26)13-20(16)27/h3-13H,2,14H2,1H3,(H,29,31)/b19-10-. The number of carbonyl (C=O) groups excluding carboxylic acids is 2. The van der Waals surface area contributed by atoms with E-state index >= 15 is 0 Å². The number of hydrogen-bond donors (Lipinski definition) is 1. The molecule has 1 saturated heterocycles. The highest BCUT2D eigenvalue weighted by Gasteiger charge is 2.34. The average Bonchev–Trinajstić information content (AvgIpc) is 3.09. The second-order valence-electron chi connectivity index (χ2n) is 7.26. The molecule has 1 N–H and O–H groups in total. The Hall–Kier alpha value is -2.81. The van der Waals surface area contributed by atoms with Crippen LogP contribution in [0.15, 0.2) is 75.2 Å². The topological polar surface area (TPSA) is 67.9 Å². The molecule has 2 amide bonds. The van der Waals surface area contributed by atoms with E-state index in [-0.39, 0.29) is 12.2 Å². The molecule has 34 heavy (non-hydrogen) atoms. The van der Waals surface area contributed by atoms with Crippen molar-refractivity contribution in [2.24, 2.45) is 0 Å². The third-order valence-corrected chi connectivity index (χ3v) is 6.45. The van der Waals surface area contributed by atoms with Crippen molar-refractivity contribution in [1.82, 2.24) is 5.43 Å². The van der Waals surface area contributed by atoms with E-state index in [1.54, 1.807) is 36.4 Å². The Morgan fingerprint density at radius 1 is 1.03 bits per heavy atom. The lowest BCUT2D eigenvalue weighted by Gasteiger charge is -2.15. The summed E-state index contributed by atoms with van der Waals surface area (Å²) in [6, 6.07) is 18.0. The molecule has 0 aliphatic carbocycles. The van der Waals surface area contributed by atoms with E-state index in [2.05, 4.69) is 37.3 Å². The van der Waals surface area contributed by atoms with E-state index in [1.165, 1.54) is 11.1 Å². The van der Waals surface area contributed by atoms with E-state index < -0.39 is 11.8 Å². The Balaban J connectivity index is 1.61. The number of amides is 2. The molecule has 9 heteroatoms. The zero-order valence-corrected chi connectivity index (χ0v) is 21.9. The van der Waals surface area contributed by atoms with Crippen molar-refractivity contribution in [2.75, 3.05) is 11.6 Å². The first kappa shape index (κ1) is 24.3. The molecule has 0 atom stereocenters. The summed E-state index contributed by atoms with van der Waals surface area (Å²) in [7, 11) is 0. The van der Waals surface area contributed by atoms with Gasteiger partial charge in [-0.2, -0.15) is 0 Å². The Labute approximate surface area is 218 Å². The quantitative estimate of drug-likeness (QED) is 0.253. The normalized spacial score (nSPS) is 14.5. The number of halogens is 3. The monoisotopic (exact) mass is 604 g/mol. The number of rotatable bonds is 7. The minimum absolute atomic E-state index is 0.00479. The fourth-order valence-electron chi connectivity index (χ4n) is 3.35. The van der Waals surface area contributed by atoms with E-state index in [9.17, 15) is 9.59 Å². The number of ether oxygens (including phenoxy) is 2. The lowest BCUT2D eigenvalue weighted by Crippen LogP contribution is -2.35. The summed E-state index contributed by atoms with van der Waals surface area (Å²) in [6.45, 7) is 2.50. The number of carbonyl (C=O) groups is 2. The third-order valence-electron chi connectivity index (χ3n) is 4.94. The van der Waals surface area contributed by atoms with Gasteiger partial charge in [-0.15, -0.1) is 0 Å². The van der Waals surface area contributed by atoms with Gasteiger partial charge in [0, 0.05) is 14.5 Å². The van der Waals surface area contributed by atoms with Crippen molar-refractivity contribution < 1.29 is 19.1 Å². The van der Waals surface area contributed by atoms with Gasteiger partial charge in [-0.1, -0.05) is 67.7 Å². The molecular weight excluding hydrogens is 588 g/mol. The number of hydrogen-bond acceptors (Lipinski definition) is 4. The van der Waals surface area contributed by atoms with Gasteiger partial charge < -0.3 is 9.47 Å². The van der Waals surface area contributed by atoms with Gasteiger partial charge in [0.1, 0.15) is 12.2 Å². The molecule has 174 valence electrons. The second kappa shape index (κ2) is 10.6. The highest BCUT2D eigenvalue weighted by molar-refractivity contribution is 9.11. The minimum Gasteiger partial charge on any atom is -0.490 e. The van der Waals surface area contributed by atoms with Gasteiger partial charge in [0.25, 0.3) is 11.8 Å². The van der Waals surface area contributed by atoms with Crippen molar-refractivity contribution in [3.05, 3.63) is 91.3 Å². The number of para-hydroxylation sites is 1. The number of benzene rings is 3. The van der Waals surface area contributed by atoms with Crippen LogP contribution in [0.3, 0.4) is 0 Å². The van der Waals surface area contributed by atoms with Crippen LogP contribution in [0.25, 0.3) is 6.08 Å². The maximum atomic E-state index is 12.9. The summed E-state index contributed by atoms with van der Waals surface area (Å²) >= 11 is 13.5. The average molecular weight is 607 g/mol. The maximum Gasteiger partial charge on any atom is 0.282 e. The van der Waals surface area contributed by atoms with Crippen molar-refractivity contribution in [3.63, 3.8) is 0 Å². The molecule has 1 heterocycles. The molecule has 1 aliphatic heterocycles. The maximum absolute atomic E-state index is 12.9. The van der Waals surface area contributed by atoms with Crippen molar-refractivity contribution in [1.29, 1.82) is 0 Å². The zero-order chi connectivity index (χ0) is 24.2. The molecule has 1 fully saturated rings. The van der Waals surface area contributed by atoms with Gasteiger partial charge in [-0.25, -0.2) is 5.01 Å². The smallest absolute Gasteiger partial charge is 0.282 e. The van der Waals surface area contributed by atoms with E-state index in [0.717, 1.165) is 14.5 Å². The first-order valence-corrected chi connectivity index (χ1v) is 12.3. The van der Waals surface area contributed by atoms with Crippen LogP contribution in [0, 0.1) is 0 Å². The highest BCUT2D eigenvalue weighted by Crippen LogP contribution is 2.38. The third kappa shape index (κ3) is 5.29. The fourth-order valence-corrected chi connectivity index (χ4v) is 4.78. The molecule has 3 aromatic carbocycles. The van der Waals surface area contributed by atoms with Crippen molar-refractivity contribution in [2.45, 2.75) is 13.5 Å². The molecule has 0 saturated carbocycles. The molecular formula is C25H19Br2ClN2O4. The minimum atomic E-state index is -0.497. The molecule has 0 spiro atoms. The fraction of sp³-hybridized carbons (Fsp3) is 0.120. The zero-order valence-electron chi connectivity index (χ0n) is 18.0. The lowest BCUT2D eigenvalue weighted by atomic mass is 10.1. The molecule has 0 aromatic heterocycles. The van der Waals surface area contributed by atoms with E-state index in [1.807, 2.05) is 31.2 Å². The Kier molecular flexibility index (Phi) is 7.60. The molecule has 0 bridgehead atoms. The van der Waals surface area contributed by atoms with Crippen molar-refractivity contribution in [3.8, 4) is 11.5 Å². The number of anilines is 1. The van der Waals surface area contributed by atoms with Gasteiger partial charge >= 0.3 is 0 Å². The molecule has 0 radical (unpaired) electrons. The Morgan fingerprint density at radius 3 is 2.50 bits per heavy atom. The first-order chi connectivity index (χ1) is 16.4. The molecule has 3 aromatic rings. The molecule has 6 nitrogen and oxygen atoms in total. The highest BCUT2D eigenvalue weighted by atomic mass is 79.9. The van der Waals surface area contributed by atoms with Gasteiger partial charge in [0.15, 0.2) is 11.5 Å². The van der Waals surface area contributed by atoms with E-state index in [4.69, 9.17) is 21.1 Å². The molecule has 0 unspecified atom stereocenters. The van der Waals surface area contributed by atoms with Gasteiger partial charge in [0.2, 0.25) is 0 Å². The van der Waals surface area contributed by atoms with Gasteiger partial charge in [0.05, 0.1) is 17.3 Å². The van der Waals surface area contributed by atoms with Crippen LogP contribution >= 0.6 is 43.5 Å². The summed E-state index contributed by atoms with van der Waals surface area (Å²) < 4.78 is 13.6. The number of nitrogens with zero attached hydrogens (tertiary/aromatic N) is 1. The summed E-state index contributed by atoms with van der Waals surface area (Å²) in [4.78, 5) is 25.4. The Morgan fingerprint density at radius 2 is 1.79 bits per heavy atom. The summed E-state index contributed by atoms with van der Waals surface area (Å²) in [6.07, 6.45) is 1.49. The van der Waals surface area contributed by atoms with Crippen LogP contribution in [0.1, 0.15) is 18.1 Å². The van der Waals surface area contributed by atoms with Crippen LogP contribution in [0.2, 0.25) is 5.02 Å². The molecule has 1 aliphatic rings. The number of nitrogens with one attached hydrogen (secondary N) is 1. The summed E-state index contributed by atoms with van der Waals surface area (Å²) in [5, 5.41) is 1.52. The van der Waals surface area contributed by atoms with Crippen LogP contribution < -0.4 is 19.9 Å². The number of hydrazine groups is 1. The molecule has 4 rings (SSSR count). The van der Waals surface area contributed by atoms with Crippen LogP contribution in [0.5, 0.6) is 11.5 Å². The SMILES string of the molecule is CCOc1cc(/C=C2/C(=O)NN(c3ccccc3)C2=O)cc(Cl)c1OCc1ccc(Br)cc1Br. The predicted molar refractivity (Wildman–Crippen MR) is 139 cm³/mol. The predicted octanol–water partition coefficient (Wildman–Crippen LogP) is 6.30. The van der Waals surface area contributed by atoms with Gasteiger partial charge in [-0.05, 0) is 55.0 Å². The second-order valence-corrected chi connectivity index (χ2v) is 9.44. The van der Waals surface area contributed by atoms with E-state index in [0.29, 0.717) is 34.4 Å². The Bertz CT molecular complexity index is 1280. The van der Waals surface area contributed by atoms with Crippen LogP contribution in [-0.2, 0) is 16.2 Å². The summed E-state index contributed by atoms with van der Waals surface area (Å²) in [5.41, 5.74) is 4.62. The van der Waals surface area contributed by atoms with Crippen molar-refractivity contribution >= 4 is 67.0 Å². The first-order valence-electron chi connectivity index (χ1n) is 10.3. The summed E-state index contributed by atoms with van der Waals surface area (Å²) in [5.74, 6) is -0.150. The largest absolute Gasteiger partial charge is 0.490 e. The van der Waals surface area contributed by atoms with Crippen LogP contribution in [0.4, 0.5) is 5.69 Å². The van der Waals surface area contributed by atoms with Crippen LogP contribution in [-0.4, -0.2) is 18.4 Å². The van der Waals surface area contributed by atoms with Gasteiger partial charge in [-0.3, -0.25) is 15.0 Å². The lowest BCUT2D eigenvalue weighted by molar-refractivity contribution is -0.117.